The van der Waals surface area contributed by atoms with E-state index in [9.17, 15) is 19.3 Å². The number of nitrogens with zero attached hydrogens (tertiary/aromatic N) is 3. The molecule has 0 aromatic heterocycles. The van der Waals surface area contributed by atoms with Crippen molar-refractivity contribution in [3.05, 3.63) is 76.1 Å². The van der Waals surface area contributed by atoms with Crippen LogP contribution in [0.25, 0.3) is 5.57 Å². The van der Waals surface area contributed by atoms with Gasteiger partial charge in [-0.05, 0) is 24.6 Å². The summed E-state index contributed by atoms with van der Waals surface area (Å²) < 4.78 is 13.8. The topological polar surface area (TPSA) is 66.7 Å². The third kappa shape index (κ3) is 4.13. The Balaban J connectivity index is 1.67. The molecule has 140 valence electrons. The van der Waals surface area contributed by atoms with Crippen LogP contribution < -0.4 is 4.90 Å². The number of rotatable bonds is 4. The van der Waals surface area contributed by atoms with Crippen LogP contribution in [0.2, 0.25) is 0 Å². The second-order valence-electron chi connectivity index (χ2n) is 6.37. The van der Waals surface area contributed by atoms with E-state index in [0.29, 0.717) is 43.0 Å². The van der Waals surface area contributed by atoms with Gasteiger partial charge in [0.1, 0.15) is 11.5 Å². The molecule has 1 aliphatic rings. The summed E-state index contributed by atoms with van der Waals surface area (Å²) in [5.41, 5.74) is 1.60. The molecule has 7 heteroatoms. The van der Waals surface area contributed by atoms with Gasteiger partial charge in [-0.25, -0.2) is 4.39 Å². The van der Waals surface area contributed by atoms with Crippen LogP contribution in [0.1, 0.15) is 12.5 Å². The van der Waals surface area contributed by atoms with Crippen molar-refractivity contribution < 1.29 is 14.1 Å². The molecule has 27 heavy (non-hydrogen) atoms. The predicted octanol–water partition coefficient (Wildman–Crippen LogP) is 3.49. The van der Waals surface area contributed by atoms with Gasteiger partial charge in [0, 0.05) is 43.9 Å². The average molecular weight is 369 g/mol. The number of para-hydroxylation sites is 2. The molecule has 2 aromatic carbocycles. The highest BCUT2D eigenvalue weighted by molar-refractivity contribution is 5.95. The van der Waals surface area contributed by atoms with Crippen molar-refractivity contribution in [2.45, 2.75) is 6.92 Å². The summed E-state index contributed by atoms with van der Waals surface area (Å²) in [5, 5.41) is 11.2. The number of nitro benzene ring substituents is 1. The van der Waals surface area contributed by atoms with Gasteiger partial charge >= 0.3 is 0 Å². The van der Waals surface area contributed by atoms with Crippen LogP contribution in [0.5, 0.6) is 0 Å². The Morgan fingerprint density at radius 2 is 1.70 bits per heavy atom. The van der Waals surface area contributed by atoms with Crippen molar-refractivity contribution in [1.82, 2.24) is 4.90 Å². The Bertz CT molecular complexity index is 890. The van der Waals surface area contributed by atoms with Crippen LogP contribution in [0.3, 0.4) is 0 Å². The summed E-state index contributed by atoms with van der Waals surface area (Å²) in [7, 11) is 0. The van der Waals surface area contributed by atoms with Gasteiger partial charge in [-0.15, -0.1) is 0 Å². The van der Waals surface area contributed by atoms with Crippen molar-refractivity contribution in [1.29, 1.82) is 0 Å². The monoisotopic (exact) mass is 369 g/mol. The van der Waals surface area contributed by atoms with E-state index in [1.54, 1.807) is 48.2 Å². The number of hydrogen-bond acceptors (Lipinski definition) is 4. The highest BCUT2D eigenvalue weighted by Crippen LogP contribution is 2.28. The Hall–Kier alpha value is -3.22. The average Bonchev–Trinajstić information content (AvgIpc) is 2.68. The van der Waals surface area contributed by atoms with Crippen molar-refractivity contribution in [3.63, 3.8) is 0 Å². The number of carbonyl (C=O) groups excluding carboxylic acids is 1. The molecule has 1 heterocycles. The minimum absolute atomic E-state index is 0.0626. The van der Waals surface area contributed by atoms with Crippen LogP contribution >= 0.6 is 0 Å². The van der Waals surface area contributed by atoms with E-state index in [4.69, 9.17) is 0 Å². The van der Waals surface area contributed by atoms with Crippen molar-refractivity contribution >= 4 is 22.9 Å². The van der Waals surface area contributed by atoms with Gasteiger partial charge in [-0.3, -0.25) is 14.9 Å². The molecule has 0 bridgehead atoms. The number of amides is 1. The van der Waals surface area contributed by atoms with E-state index in [0.717, 1.165) is 0 Å². The molecule has 0 unspecified atom stereocenters. The summed E-state index contributed by atoms with van der Waals surface area (Å²) in [6.07, 6.45) is 1.44. The lowest BCUT2D eigenvalue weighted by Crippen LogP contribution is -2.48. The maximum atomic E-state index is 13.8. The minimum Gasteiger partial charge on any atom is -0.362 e. The van der Waals surface area contributed by atoms with Gasteiger partial charge in [-0.1, -0.05) is 30.3 Å². The van der Waals surface area contributed by atoms with Gasteiger partial charge in [0.2, 0.25) is 5.91 Å². The number of piperazine rings is 1. The SMILES string of the molecule is C/C(=C/C(=O)N1CCN(c2ccccc2[N+](=O)[O-])CC1)c1ccccc1F. The molecule has 0 saturated carbocycles. The zero-order valence-corrected chi connectivity index (χ0v) is 15.0. The first-order valence-corrected chi connectivity index (χ1v) is 8.68. The molecule has 2 aromatic rings. The molecule has 1 saturated heterocycles. The van der Waals surface area contributed by atoms with E-state index in [1.165, 1.54) is 18.2 Å². The third-order valence-corrected chi connectivity index (χ3v) is 4.65. The quantitative estimate of drug-likeness (QED) is 0.470. The summed E-state index contributed by atoms with van der Waals surface area (Å²) in [6.45, 7) is 3.62. The standard InChI is InChI=1S/C20H20FN3O3/c1-15(16-6-2-3-7-17(16)21)14-20(25)23-12-10-22(11-13-23)18-8-4-5-9-19(18)24(26)27/h2-9,14H,10-13H2,1H3/b15-14-. The summed E-state index contributed by atoms with van der Waals surface area (Å²) in [6, 6.07) is 12.9. The molecule has 1 fully saturated rings. The van der Waals surface area contributed by atoms with Gasteiger partial charge in [-0.2, -0.15) is 0 Å². The lowest BCUT2D eigenvalue weighted by molar-refractivity contribution is -0.384. The number of halogens is 1. The van der Waals surface area contributed by atoms with E-state index in [2.05, 4.69) is 0 Å². The number of carbonyl (C=O) groups is 1. The smallest absolute Gasteiger partial charge is 0.292 e. The molecule has 0 N–H and O–H groups in total. The van der Waals surface area contributed by atoms with Crippen molar-refractivity contribution in [2.24, 2.45) is 0 Å². The van der Waals surface area contributed by atoms with Crippen LogP contribution in [-0.2, 0) is 4.79 Å². The van der Waals surface area contributed by atoms with E-state index in [1.807, 2.05) is 4.90 Å². The number of anilines is 1. The fourth-order valence-electron chi connectivity index (χ4n) is 3.19. The van der Waals surface area contributed by atoms with Crippen LogP contribution in [0.4, 0.5) is 15.8 Å². The van der Waals surface area contributed by atoms with Gasteiger partial charge < -0.3 is 9.80 Å². The molecule has 0 atom stereocenters. The Labute approximate surface area is 156 Å². The second kappa shape index (κ2) is 7.99. The fraction of sp³-hybridized carbons (Fsp3) is 0.250. The Morgan fingerprint density at radius 3 is 2.37 bits per heavy atom. The molecule has 1 amide bonds. The molecule has 6 nitrogen and oxygen atoms in total. The zero-order valence-electron chi connectivity index (χ0n) is 15.0. The van der Waals surface area contributed by atoms with E-state index >= 15 is 0 Å². The van der Waals surface area contributed by atoms with Gasteiger partial charge in [0.15, 0.2) is 0 Å². The predicted molar refractivity (Wildman–Crippen MR) is 102 cm³/mol. The number of nitro groups is 1. The minimum atomic E-state index is -0.395. The second-order valence-corrected chi connectivity index (χ2v) is 6.37. The first-order valence-electron chi connectivity index (χ1n) is 8.68. The highest BCUT2D eigenvalue weighted by atomic mass is 19.1. The van der Waals surface area contributed by atoms with Gasteiger partial charge in [0.05, 0.1) is 4.92 Å². The summed E-state index contributed by atoms with van der Waals surface area (Å²) in [5.74, 6) is -0.543. The van der Waals surface area contributed by atoms with Crippen molar-refractivity contribution in [3.8, 4) is 0 Å². The molecule has 3 rings (SSSR count). The maximum Gasteiger partial charge on any atom is 0.292 e. The zero-order chi connectivity index (χ0) is 19.4. The molecular formula is C20H20FN3O3. The molecule has 0 aliphatic carbocycles. The van der Waals surface area contributed by atoms with Crippen LogP contribution in [0.15, 0.2) is 54.6 Å². The largest absolute Gasteiger partial charge is 0.362 e. The molecular weight excluding hydrogens is 349 g/mol. The molecule has 1 aliphatic heterocycles. The lowest BCUT2D eigenvalue weighted by Gasteiger charge is -2.35. The Kier molecular flexibility index (Phi) is 5.49. The Morgan fingerprint density at radius 1 is 1.07 bits per heavy atom. The number of benzene rings is 2. The van der Waals surface area contributed by atoms with E-state index in [-0.39, 0.29) is 17.4 Å². The highest BCUT2D eigenvalue weighted by Gasteiger charge is 2.24. The first-order chi connectivity index (χ1) is 13.0. The molecule has 0 radical (unpaired) electrons. The van der Waals surface area contributed by atoms with Crippen molar-refractivity contribution in [2.75, 3.05) is 31.1 Å². The van der Waals surface area contributed by atoms with Gasteiger partial charge in [0.25, 0.3) is 5.69 Å². The summed E-state index contributed by atoms with van der Waals surface area (Å²) >= 11 is 0. The first kappa shape index (κ1) is 18.6. The summed E-state index contributed by atoms with van der Waals surface area (Å²) in [4.78, 5) is 26.9. The third-order valence-electron chi connectivity index (χ3n) is 4.65. The number of allylic oxidation sites excluding steroid dienone is 1. The van der Waals surface area contributed by atoms with E-state index < -0.39 is 4.92 Å². The number of hydrogen-bond donors (Lipinski definition) is 0. The normalized spacial score (nSPS) is 15.0. The fourth-order valence-corrected chi connectivity index (χ4v) is 3.19. The van der Waals surface area contributed by atoms with Crippen LogP contribution in [-0.4, -0.2) is 41.9 Å². The molecule has 0 spiro atoms. The van der Waals surface area contributed by atoms with Crippen LogP contribution in [0, 0.1) is 15.9 Å². The maximum absolute atomic E-state index is 13.8. The lowest BCUT2D eigenvalue weighted by atomic mass is 10.1.